The van der Waals surface area contributed by atoms with Crippen LogP contribution in [0.5, 0.6) is 0 Å². The fourth-order valence-corrected chi connectivity index (χ4v) is 2.14. The zero-order valence-corrected chi connectivity index (χ0v) is 9.45. The van der Waals surface area contributed by atoms with E-state index in [1.165, 1.54) is 0 Å². The third-order valence-corrected chi connectivity index (χ3v) is 3.12. The minimum absolute atomic E-state index is 0.638. The van der Waals surface area contributed by atoms with Crippen molar-refractivity contribution in [3.05, 3.63) is 25.3 Å². The van der Waals surface area contributed by atoms with E-state index in [-0.39, 0.29) is 0 Å². The quantitative estimate of drug-likeness (QED) is 0.629. The first-order valence-electron chi connectivity index (χ1n) is 5.31. The van der Waals surface area contributed by atoms with E-state index in [9.17, 15) is 0 Å². The fourth-order valence-electron chi connectivity index (χ4n) is 2.14. The minimum atomic E-state index is 0.638. The summed E-state index contributed by atoms with van der Waals surface area (Å²) in [6, 6.07) is 1.28. The Morgan fingerprint density at radius 1 is 1.00 bits per heavy atom. The predicted molar refractivity (Wildman–Crippen MR) is 62.5 cm³/mol. The van der Waals surface area contributed by atoms with Crippen LogP contribution in [0.25, 0.3) is 0 Å². The molecule has 0 N–H and O–H groups in total. The summed E-state index contributed by atoms with van der Waals surface area (Å²) in [5.74, 6) is 0. The van der Waals surface area contributed by atoms with Crippen LogP contribution in [-0.2, 0) is 0 Å². The van der Waals surface area contributed by atoms with Crippen molar-refractivity contribution >= 4 is 0 Å². The third kappa shape index (κ3) is 2.69. The van der Waals surface area contributed by atoms with Gasteiger partial charge < -0.3 is 9.80 Å². The molecule has 0 aromatic carbocycles. The molecule has 1 saturated heterocycles. The summed E-state index contributed by atoms with van der Waals surface area (Å²) >= 11 is 0. The van der Waals surface area contributed by atoms with Gasteiger partial charge in [-0.25, -0.2) is 0 Å². The number of nitrogens with zero attached hydrogens (tertiary/aromatic N) is 2. The number of likely N-dealkylation sites (N-methyl/N-ethyl adjacent to an activating group) is 2. The molecule has 1 rings (SSSR count). The molecule has 0 amide bonds. The highest BCUT2D eigenvalue weighted by Crippen LogP contribution is 2.16. The summed E-state index contributed by atoms with van der Waals surface area (Å²) < 4.78 is 0. The van der Waals surface area contributed by atoms with Crippen LogP contribution in [0.4, 0.5) is 0 Å². The van der Waals surface area contributed by atoms with E-state index < -0.39 is 0 Å². The lowest BCUT2D eigenvalue weighted by Crippen LogP contribution is -2.55. The van der Waals surface area contributed by atoms with Crippen molar-refractivity contribution in [1.29, 1.82) is 0 Å². The Kier molecular flexibility index (Phi) is 4.36. The van der Waals surface area contributed by atoms with Crippen molar-refractivity contribution in [2.45, 2.75) is 24.9 Å². The molecule has 0 saturated carbocycles. The molecule has 1 aliphatic rings. The summed E-state index contributed by atoms with van der Waals surface area (Å²) in [4.78, 5) is 4.88. The van der Waals surface area contributed by atoms with E-state index in [4.69, 9.17) is 0 Å². The van der Waals surface area contributed by atoms with E-state index in [1.54, 1.807) is 0 Å². The topological polar surface area (TPSA) is 6.48 Å². The molecule has 2 unspecified atom stereocenters. The highest BCUT2D eigenvalue weighted by atomic mass is 15.3. The molecule has 0 aromatic rings. The first-order valence-corrected chi connectivity index (χ1v) is 5.31. The van der Waals surface area contributed by atoms with Gasteiger partial charge in [0.15, 0.2) is 0 Å². The second kappa shape index (κ2) is 5.32. The van der Waals surface area contributed by atoms with Crippen LogP contribution < -0.4 is 0 Å². The zero-order valence-electron chi connectivity index (χ0n) is 9.45. The summed E-state index contributed by atoms with van der Waals surface area (Å²) in [6.45, 7) is 9.90. The predicted octanol–water partition coefficient (Wildman–Crippen LogP) is 1.75. The number of piperazine rings is 1. The molecule has 0 aliphatic carbocycles. The van der Waals surface area contributed by atoms with Crippen molar-refractivity contribution in [3.63, 3.8) is 0 Å². The Hall–Kier alpha value is -0.600. The number of hydrogen-bond donors (Lipinski definition) is 0. The van der Waals surface area contributed by atoms with Crippen LogP contribution in [0.2, 0.25) is 0 Å². The van der Waals surface area contributed by atoms with Crippen molar-refractivity contribution in [3.8, 4) is 0 Å². The van der Waals surface area contributed by atoms with E-state index in [0.29, 0.717) is 12.1 Å². The van der Waals surface area contributed by atoms with Crippen molar-refractivity contribution < 1.29 is 0 Å². The molecular formula is C12H22N2. The average Bonchev–Trinajstić information content (AvgIpc) is 2.14. The first kappa shape index (κ1) is 11.5. The monoisotopic (exact) mass is 194 g/mol. The normalized spacial score (nSPS) is 30.1. The highest BCUT2D eigenvalue weighted by molar-refractivity contribution is 4.91. The lowest BCUT2D eigenvalue weighted by Gasteiger charge is -2.43. The second-order valence-corrected chi connectivity index (χ2v) is 4.24. The van der Waals surface area contributed by atoms with Crippen LogP contribution in [0.3, 0.4) is 0 Å². The van der Waals surface area contributed by atoms with Gasteiger partial charge in [-0.1, -0.05) is 12.2 Å². The molecule has 1 aliphatic heterocycles. The molecular weight excluding hydrogens is 172 g/mol. The molecule has 0 aromatic heterocycles. The second-order valence-electron chi connectivity index (χ2n) is 4.24. The van der Waals surface area contributed by atoms with Crippen molar-refractivity contribution in [1.82, 2.24) is 9.80 Å². The Labute approximate surface area is 87.9 Å². The zero-order chi connectivity index (χ0) is 10.6. The molecule has 2 heteroatoms. The first-order chi connectivity index (χ1) is 6.69. The summed E-state index contributed by atoms with van der Waals surface area (Å²) in [6.07, 6.45) is 6.20. The lowest BCUT2D eigenvalue weighted by atomic mass is 10.0. The van der Waals surface area contributed by atoms with E-state index >= 15 is 0 Å². The summed E-state index contributed by atoms with van der Waals surface area (Å²) in [7, 11) is 4.41. The van der Waals surface area contributed by atoms with Gasteiger partial charge in [0.1, 0.15) is 0 Å². The Morgan fingerprint density at radius 2 is 1.36 bits per heavy atom. The summed E-state index contributed by atoms with van der Waals surface area (Å²) in [5.41, 5.74) is 0. The summed E-state index contributed by atoms with van der Waals surface area (Å²) in [5, 5.41) is 0. The van der Waals surface area contributed by atoms with E-state index in [0.717, 1.165) is 25.9 Å². The number of rotatable bonds is 4. The molecule has 0 spiro atoms. The Balaban J connectivity index is 2.51. The van der Waals surface area contributed by atoms with E-state index in [2.05, 4.69) is 37.1 Å². The van der Waals surface area contributed by atoms with Gasteiger partial charge in [-0.15, -0.1) is 13.2 Å². The van der Waals surface area contributed by atoms with E-state index in [1.807, 2.05) is 12.2 Å². The van der Waals surface area contributed by atoms with Crippen LogP contribution in [-0.4, -0.2) is 49.1 Å². The smallest absolute Gasteiger partial charge is 0.0255 e. The SMILES string of the molecule is C=CCC1CN(C)C(CC=C)CN1C. The maximum absolute atomic E-state index is 3.81. The van der Waals surface area contributed by atoms with Gasteiger partial charge in [-0.3, -0.25) is 0 Å². The highest BCUT2D eigenvalue weighted by Gasteiger charge is 2.27. The van der Waals surface area contributed by atoms with Crippen LogP contribution in [0.15, 0.2) is 25.3 Å². The molecule has 80 valence electrons. The average molecular weight is 194 g/mol. The largest absolute Gasteiger partial charge is 0.300 e. The molecule has 2 atom stereocenters. The number of hydrogen-bond acceptors (Lipinski definition) is 2. The van der Waals surface area contributed by atoms with Crippen LogP contribution in [0.1, 0.15) is 12.8 Å². The third-order valence-electron chi connectivity index (χ3n) is 3.12. The minimum Gasteiger partial charge on any atom is -0.300 e. The molecule has 1 fully saturated rings. The molecule has 0 bridgehead atoms. The standard InChI is InChI=1S/C12H22N2/c1-5-7-11-9-14(4)12(8-6-2)10-13(11)3/h5-6,11-12H,1-2,7-10H2,3-4H3. The van der Waals surface area contributed by atoms with Gasteiger partial charge >= 0.3 is 0 Å². The van der Waals surface area contributed by atoms with Crippen molar-refractivity contribution in [2.24, 2.45) is 0 Å². The van der Waals surface area contributed by atoms with Crippen molar-refractivity contribution in [2.75, 3.05) is 27.2 Å². The Morgan fingerprint density at radius 3 is 1.64 bits per heavy atom. The van der Waals surface area contributed by atoms with Gasteiger partial charge in [0.05, 0.1) is 0 Å². The van der Waals surface area contributed by atoms with Gasteiger partial charge in [-0.05, 0) is 26.9 Å². The maximum atomic E-state index is 3.81. The van der Waals surface area contributed by atoms with Crippen LogP contribution >= 0.6 is 0 Å². The lowest BCUT2D eigenvalue weighted by molar-refractivity contribution is 0.0658. The van der Waals surface area contributed by atoms with Gasteiger partial charge in [-0.2, -0.15) is 0 Å². The van der Waals surface area contributed by atoms with Gasteiger partial charge in [0, 0.05) is 25.2 Å². The molecule has 2 nitrogen and oxygen atoms in total. The molecule has 14 heavy (non-hydrogen) atoms. The van der Waals surface area contributed by atoms with Gasteiger partial charge in [0.2, 0.25) is 0 Å². The molecule has 1 heterocycles. The fraction of sp³-hybridized carbons (Fsp3) is 0.667. The Bertz CT molecular complexity index is 178. The molecule has 0 radical (unpaired) electrons. The maximum Gasteiger partial charge on any atom is 0.0255 e. The van der Waals surface area contributed by atoms with Crippen LogP contribution in [0, 0.1) is 0 Å². The van der Waals surface area contributed by atoms with Gasteiger partial charge in [0.25, 0.3) is 0 Å².